The first kappa shape index (κ1) is 17.5. The third-order valence-corrected chi connectivity index (χ3v) is 7.54. The maximum Gasteiger partial charge on any atom is 0.500 e. The van der Waals surface area contributed by atoms with Gasteiger partial charge in [-0.1, -0.05) is 12.2 Å². The molecular weight excluding hydrogens is 302 g/mol. The number of ether oxygens (including phenoxy) is 1. The van der Waals surface area contributed by atoms with E-state index >= 15 is 0 Å². The van der Waals surface area contributed by atoms with Gasteiger partial charge in [0, 0.05) is 39.8 Å². The number of amides is 1. The molecule has 2 aliphatic rings. The average molecular weight is 329 g/mol. The molecule has 1 saturated carbocycles. The predicted molar refractivity (Wildman–Crippen MR) is 84.4 cm³/mol. The van der Waals surface area contributed by atoms with E-state index < -0.39 is 8.80 Å². The summed E-state index contributed by atoms with van der Waals surface area (Å²) < 4.78 is 21.3. The minimum absolute atomic E-state index is 0.341. The first-order chi connectivity index (χ1) is 10.6. The summed E-state index contributed by atoms with van der Waals surface area (Å²) in [6, 6.07) is 0.661. The summed E-state index contributed by atoms with van der Waals surface area (Å²) in [6.45, 7) is 1.05. The minimum atomic E-state index is -2.54. The number of rotatable bonds is 9. The third-order valence-electron chi connectivity index (χ3n) is 4.71. The quantitative estimate of drug-likeness (QED) is 0.399. The van der Waals surface area contributed by atoms with Crippen molar-refractivity contribution < 1.29 is 22.8 Å². The molecule has 0 aromatic rings. The smallest absolute Gasteiger partial charge is 0.449 e. The van der Waals surface area contributed by atoms with Crippen LogP contribution in [-0.2, 0) is 18.0 Å². The topological polar surface area (TPSA) is 66.0 Å². The zero-order chi connectivity index (χ0) is 16.0. The molecule has 2 rings (SSSR count). The average Bonchev–Trinajstić information content (AvgIpc) is 3.16. The minimum Gasteiger partial charge on any atom is -0.449 e. The van der Waals surface area contributed by atoms with Crippen molar-refractivity contribution in [3.05, 3.63) is 12.2 Å². The molecule has 2 bridgehead atoms. The molecule has 7 heteroatoms. The van der Waals surface area contributed by atoms with Gasteiger partial charge in [-0.2, -0.15) is 0 Å². The lowest BCUT2D eigenvalue weighted by Gasteiger charge is -2.24. The lowest BCUT2D eigenvalue weighted by molar-refractivity contribution is 0.117. The van der Waals surface area contributed by atoms with E-state index in [2.05, 4.69) is 17.5 Å². The van der Waals surface area contributed by atoms with Crippen molar-refractivity contribution in [3.63, 3.8) is 0 Å². The number of nitrogens with one attached hydrogen (secondary N) is 1. The van der Waals surface area contributed by atoms with Crippen LogP contribution in [0.3, 0.4) is 0 Å². The van der Waals surface area contributed by atoms with Crippen LogP contribution in [0.4, 0.5) is 4.79 Å². The summed E-state index contributed by atoms with van der Waals surface area (Å²) in [4.78, 5) is 11.7. The highest BCUT2D eigenvalue weighted by molar-refractivity contribution is 6.60. The Bertz CT molecular complexity index is 391. The van der Waals surface area contributed by atoms with Crippen molar-refractivity contribution >= 4 is 14.9 Å². The molecule has 1 fully saturated rings. The summed E-state index contributed by atoms with van der Waals surface area (Å²) in [7, 11) is 2.23. The van der Waals surface area contributed by atoms with Crippen LogP contribution in [0.1, 0.15) is 19.3 Å². The Morgan fingerprint density at radius 1 is 1.18 bits per heavy atom. The molecule has 2 aliphatic carbocycles. The number of fused-ring (bicyclic) bond motifs is 2. The van der Waals surface area contributed by atoms with E-state index in [9.17, 15) is 4.79 Å². The van der Waals surface area contributed by atoms with Gasteiger partial charge in [-0.25, -0.2) is 4.79 Å². The molecule has 0 aromatic carbocycles. The molecule has 22 heavy (non-hydrogen) atoms. The molecule has 0 spiro atoms. The Kier molecular flexibility index (Phi) is 6.43. The van der Waals surface area contributed by atoms with Crippen LogP contribution in [0.2, 0.25) is 6.04 Å². The van der Waals surface area contributed by atoms with Gasteiger partial charge in [0.05, 0.1) is 6.61 Å². The molecule has 0 saturated heterocycles. The van der Waals surface area contributed by atoms with E-state index in [1.807, 2.05) is 0 Å². The van der Waals surface area contributed by atoms with E-state index in [1.165, 1.54) is 6.42 Å². The molecule has 0 aliphatic heterocycles. The van der Waals surface area contributed by atoms with Gasteiger partial charge >= 0.3 is 14.9 Å². The van der Waals surface area contributed by atoms with Gasteiger partial charge < -0.3 is 23.3 Å². The lowest BCUT2D eigenvalue weighted by atomic mass is 9.95. The highest BCUT2D eigenvalue weighted by Crippen LogP contribution is 2.43. The molecule has 0 aromatic heterocycles. The molecule has 1 N–H and O–H groups in total. The molecule has 3 atom stereocenters. The molecule has 126 valence electrons. The van der Waals surface area contributed by atoms with Crippen LogP contribution in [-0.4, -0.2) is 49.4 Å². The summed E-state index contributed by atoms with van der Waals surface area (Å²) in [5.41, 5.74) is 0. The summed E-state index contributed by atoms with van der Waals surface area (Å²) in [6.07, 6.45) is 7.33. The maximum atomic E-state index is 11.7. The zero-order valence-corrected chi connectivity index (χ0v) is 14.7. The number of carbonyl (C=O) groups is 1. The maximum absolute atomic E-state index is 11.7. The van der Waals surface area contributed by atoms with Gasteiger partial charge in [-0.05, 0) is 31.1 Å². The van der Waals surface area contributed by atoms with Gasteiger partial charge in [0.2, 0.25) is 0 Å². The van der Waals surface area contributed by atoms with Gasteiger partial charge in [0.15, 0.2) is 0 Å². The van der Waals surface area contributed by atoms with E-state index in [0.717, 1.165) is 12.8 Å². The highest BCUT2D eigenvalue weighted by atomic mass is 28.4. The molecule has 0 radical (unpaired) electrons. The third kappa shape index (κ3) is 4.31. The molecule has 1 amide bonds. The fourth-order valence-electron chi connectivity index (χ4n) is 3.37. The number of hydrogen-bond donors (Lipinski definition) is 1. The Labute approximate surface area is 133 Å². The van der Waals surface area contributed by atoms with Crippen molar-refractivity contribution in [1.29, 1.82) is 0 Å². The first-order valence-electron chi connectivity index (χ1n) is 7.87. The van der Waals surface area contributed by atoms with Crippen LogP contribution in [0.15, 0.2) is 12.2 Å². The Hall–Kier alpha value is -0.893. The lowest BCUT2D eigenvalue weighted by Crippen LogP contribution is -2.43. The van der Waals surface area contributed by atoms with Crippen molar-refractivity contribution in [1.82, 2.24) is 5.32 Å². The number of hydrogen-bond acceptors (Lipinski definition) is 5. The second-order valence-corrected chi connectivity index (χ2v) is 9.06. The van der Waals surface area contributed by atoms with Gasteiger partial charge in [-0.15, -0.1) is 0 Å². The van der Waals surface area contributed by atoms with Crippen molar-refractivity contribution in [2.24, 2.45) is 17.8 Å². The summed E-state index contributed by atoms with van der Waals surface area (Å²) in [5.74, 6) is 1.81. The Morgan fingerprint density at radius 3 is 2.45 bits per heavy atom. The second-order valence-electron chi connectivity index (χ2n) is 5.96. The normalized spacial score (nSPS) is 26.4. The Balaban J connectivity index is 1.57. The monoisotopic (exact) mass is 329 g/mol. The van der Waals surface area contributed by atoms with E-state index in [-0.39, 0.29) is 6.09 Å². The largest absolute Gasteiger partial charge is 0.500 e. The molecule has 0 heterocycles. The van der Waals surface area contributed by atoms with E-state index in [0.29, 0.717) is 36.9 Å². The van der Waals surface area contributed by atoms with Gasteiger partial charge in [0.25, 0.3) is 0 Å². The van der Waals surface area contributed by atoms with Crippen LogP contribution < -0.4 is 5.32 Å². The van der Waals surface area contributed by atoms with Gasteiger partial charge in [0.1, 0.15) is 0 Å². The molecule has 3 unspecified atom stereocenters. The van der Waals surface area contributed by atoms with Crippen molar-refractivity contribution in [2.45, 2.75) is 25.3 Å². The van der Waals surface area contributed by atoms with E-state index in [1.54, 1.807) is 21.3 Å². The zero-order valence-electron chi connectivity index (χ0n) is 13.7. The molecular formula is C15H27NO5Si. The van der Waals surface area contributed by atoms with Crippen molar-refractivity contribution in [3.8, 4) is 0 Å². The summed E-state index contributed by atoms with van der Waals surface area (Å²) in [5, 5.41) is 2.77. The molecule has 6 nitrogen and oxygen atoms in total. The number of allylic oxidation sites excluding steroid dienone is 2. The fourth-order valence-corrected chi connectivity index (χ4v) is 5.09. The highest BCUT2D eigenvalue weighted by Gasteiger charge is 2.37. The Morgan fingerprint density at radius 2 is 1.91 bits per heavy atom. The second kappa shape index (κ2) is 8.10. The standard InChI is InChI=1S/C15H27NO5Si/c1-18-22(19-2,20-3)8-4-7-16-15(17)21-11-14-10-12-5-6-13(14)9-12/h5-6,12-14H,4,7-11H2,1-3H3,(H,16,17). The van der Waals surface area contributed by atoms with Gasteiger partial charge in [-0.3, -0.25) is 0 Å². The van der Waals surface area contributed by atoms with Crippen LogP contribution >= 0.6 is 0 Å². The van der Waals surface area contributed by atoms with E-state index in [4.69, 9.17) is 18.0 Å². The van der Waals surface area contributed by atoms with Crippen molar-refractivity contribution in [2.75, 3.05) is 34.5 Å². The fraction of sp³-hybridized carbons (Fsp3) is 0.800. The van der Waals surface area contributed by atoms with Crippen LogP contribution in [0, 0.1) is 17.8 Å². The number of carbonyl (C=O) groups excluding carboxylic acids is 1. The number of alkyl carbamates (subject to hydrolysis) is 1. The predicted octanol–water partition coefficient (Wildman–Crippen LogP) is 2.19. The first-order valence-corrected chi connectivity index (χ1v) is 9.80. The van der Waals surface area contributed by atoms with Crippen LogP contribution in [0.5, 0.6) is 0 Å². The van der Waals surface area contributed by atoms with Crippen LogP contribution in [0.25, 0.3) is 0 Å². The summed E-state index contributed by atoms with van der Waals surface area (Å²) >= 11 is 0. The SMILES string of the molecule is CO[Si](CCCNC(=O)OCC1CC2C=CC1C2)(OC)OC.